The molecule has 2 aromatic rings. The van der Waals surface area contributed by atoms with Crippen molar-refractivity contribution in [1.82, 2.24) is 5.32 Å². The molecule has 3 rings (SSSR count). The van der Waals surface area contributed by atoms with Crippen LogP contribution in [0.5, 0.6) is 0 Å². The van der Waals surface area contributed by atoms with Crippen LogP contribution in [0.1, 0.15) is 24.9 Å². The van der Waals surface area contributed by atoms with E-state index < -0.39 is 0 Å². The average Bonchev–Trinajstić information content (AvgIpc) is 2.97. The quantitative estimate of drug-likeness (QED) is 0.798. The Kier molecular flexibility index (Phi) is 5.45. The van der Waals surface area contributed by atoms with Crippen LogP contribution >= 0.6 is 27.5 Å². The van der Waals surface area contributed by atoms with Crippen molar-refractivity contribution in [3.05, 3.63) is 63.6 Å². The highest BCUT2D eigenvalue weighted by molar-refractivity contribution is 9.10. The number of amides is 2. The summed E-state index contributed by atoms with van der Waals surface area (Å²) in [6.45, 7) is 2.31. The maximum atomic E-state index is 12.6. The Bertz CT molecular complexity index is 794. The summed E-state index contributed by atoms with van der Waals surface area (Å²) in [7, 11) is 0. The normalized spacial score (nSPS) is 18.3. The van der Waals surface area contributed by atoms with E-state index in [4.69, 9.17) is 11.6 Å². The fourth-order valence-corrected chi connectivity index (χ4v) is 3.41. The van der Waals surface area contributed by atoms with Crippen LogP contribution in [0.2, 0.25) is 5.02 Å². The maximum absolute atomic E-state index is 12.6. The lowest BCUT2D eigenvalue weighted by Gasteiger charge is -2.19. The van der Waals surface area contributed by atoms with Gasteiger partial charge in [0.15, 0.2) is 0 Å². The third-order valence-corrected chi connectivity index (χ3v) is 5.11. The molecule has 2 atom stereocenters. The van der Waals surface area contributed by atoms with Gasteiger partial charge in [-0.3, -0.25) is 9.59 Å². The molecular weight excluding hydrogens is 404 g/mol. The van der Waals surface area contributed by atoms with E-state index in [2.05, 4.69) is 21.2 Å². The lowest BCUT2D eigenvalue weighted by Crippen LogP contribution is -2.34. The molecule has 1 fully saturated rings. The predicted molar refractivity (Wildman–Crippen MR) is 103 cm³/mol. The molecule has 1 N–H and O–H groups in total. The van der Waals surface area contributed by atoms with Gasteiger partial charge in [-0.05, 0) is 48.9 Å². The first-order valence-electron chi connectivity index (χ1n) is 8.06. The first-order valence-corrected chi connectivity index (χ1v) is 9.23. The largest absolute Gasteiger partial charge is 0.349 e. The van der Waals surface area contributed by atoms with Crippen molar-refractivity contribution in [3.8, 4) is 0 Å². The number of carbonyl (C=O) groups is 2. The van der Waals surface area contributed by atoms with Crippen LogP contribution in [0.4, 0.5) is 5.69 Å². The van der Waals surface area contributed by atoms with Crippen LogP contribution in [-0.4, -0.2) is 18.4 Å². The third-order valence-electron chi connectivity index (χ3n) is 4.34. The molecule has 0 saturated carbocycles. The topological polar surface area (TPSA) is 49.4 Å². The fourth-order valence-electron chi connectivity index (χ4n) is 2.94. The maximum Gasteiger partial charge on any atom is 0.227 e. The molecule has 2 amide bonds. The number of nitrogens with zero attached hydrogens (tertiary/aromatic N) is 1. The summed E-state index contributed by atoms with van der Waals surface area (Å²) in [4.78, 5) is 26.5. The zero-order chi connectivity index (χ0) is 18.0. The minimum absolute atomic E-state index is 0.0297. The van der Waals surface area contributed by atoms with Gasteiger partial charge in [0.2, 0.25) is 11.8 Å². The van der Waals surface area contributed by atoms with E-state index >= 15 is 0 Å². The molecular formula is C19H18BrClN2O2. The van der Waals surface area contributed by atoms with Gasteiger partial charge in [0, 0.05) is 28.1 Å². The minimum Gasteiger partial charge on any atom is -0.349 e. The van der Waals surface area contributed by atoms with E-state index in [9.17, 15) is 9.59 Å². The Labute approximate surface area is 160 Å². The van der Waals surface area contributed by atoms with Gasteiger partial charge in [-0.15, -0.1) is 0 Å². The highest BCUT2D eigenvalue weighted by Gasteiger charge is 2.35. The van der Waals surface area contributed by atoms with Gasteiger partial charge in [-0.2, -0.15) is 0 Å². The molecule has 2 unspecified atom stereocenters. The summed E-state index contributed by atoms with van der Waals surface area (Å²) in [5.41, 5.74) is 1.75. The van der Waals surface area contributed by atoms with Gasteiger partial charge in [0.1, 0.15) is 0 Å². The van der Waals surface area contributed by atoms with E-state index in [1.54, 1.807) is 11.0 Å². The van der Waals surface area contributed by atoms with E-state index in [0.717, 1.165) is 15.7 Å². The molecule has 1 saturated heterocycles. The molecule has 6 heteroatoms. The number of halogens is 2. The molecule has 4 nitrogen and oxygen atoms in total. The van der Waals surface area contributed by atoms with Gasteiger partial charge in [-0.25, -0.2) is 0 Å². The number of carbonyl (C=O) groups excluding carboxylic acids is 2. The molecule has 130 valence electrons. The fraction of sp³-hybridized carbons (Fsp3) is 0.263. The van der Waals surface area contributed by atoms with Crippen LogP contribution in [0, 0.1) is 5.92 Å². The van der Waals surface area contributed by atoms with Crippen molar-refractivity contribution in [3.63, 3.8) is 0 Å². The molecule has 2 aromatic carbocycles. The molecule has 25 heavy (non-hydrogen) atoms. The molecule has 0 bridgehead atoms. The first kappa shape index (κ1) is 18.0. The Balaban J connectivity index is 1.65. The van der Waals surface area contributed by atoms with Gasteiger partial charge in [0.05, 0.1) is 12.0 Å². The Morgan fingerprint density at radius 2 is 2.00 bits per heavy atom. The zero-order valence-corrected chi connectivity index (χ0v) is 16.0. The number of hydrogen-bond donors (Lipinski definition) is 1. The van der Waals surface area contributed by atoms with E-state index in [0.29, 0.717) is 11.6 Å². The second-order valence-electron chi connectivity index (χ2n) is 6.17. The van der Waals surface area contributed by atoms with Gasteiger partial charge in [-0.1, -0.05) is 39.7 Å². The molecule has 0 spiro atoms. The van der Waals surface area contributed by atoms with Crippen LogP contribution < -0.4 is 10.2 Å². The summed E-state index contributed by atoms with van der Waals surface area (Å²) < 4.78 is 0.951. The molecule has 1 aliphatic rings. The Morgan fingerprint density at radius 3 is 2.68 bits per heavy atom. The lowest BCUT2D eigenvalue weighted by molar-refractivity contribution is -0.126. The van der Waals surface area contributed by atoms with Crippen molar-refractivity contribution in [1.29, 1.82) is 0 Å². The summed E-state index contributed by atoms with van der Waals surface area (Å²) in [5.74, 6) is -0.490. The first-order chi connectivity index (χ1) is 11.9. The number of nitrogens with one attached hydrogen (secondary N) is 1. The monoisotopic (exact) mass is 420 g/mol. The summed E-state index contributed by atoms with van der Waals surface area (Å²) in [5, 5.41) is 3.62. The zero-order valence-electron chi connectivity index (χ0n) is 13.7. The van der Waals surface area contributed by atoms with E-state index in [1.807, 2.05) is 49.4 Å². The standard InChI is InChI=1S/C19H18BrClN2O2/c1-12(13-3-2-4-16(21)9-13)22-19(25)14-10-18(24)23(11-14)17-7-5-15(20)6-8-17/h2-9,12,14H,10-11H2,1H3,(H,22,25). The van der Waals surface area contributed by atoms with Crippen LogP contribution in [-0.2, 0) is 9.59 Å². The SMILES string of the molecule is CC(NC(=O)C1CC(=O)N(c2ccc(Br)cc2)C1)c1cccc(Cl)c1. The van der Waals surface area contributed by atoms with Crippen LogP contribution in [0.3, 0.4) is 0 Å². The highest BCUT2D eigenvalue weighted by Crippen LogP contribution is 2.27. The lowest BCUT2D eigenvalue weighted by atomic mass is 10.1. The predicted octanol–water partition coefficient (Wildman–Crippen LogP) is 4.33. The summed E-state index contributed by atoms with van der Waals surface area (Å²) >= 11 is 9.38. The smallest absolute Gasteiger partial charge is 0.227 e. The van der Waals surface area contributed by atoms with E-state index in [1.165, 1.54) is 0 Å². The summed E-state index contributed by atoms with van der Waals surface area (Å²) in [6.07, 6.45) is 0.226. The van der Waals surface area contributed by atoms with Crippen molar-refractivity contribution >= 4 is 45.0 Å². The number of benzene rings is 2. The van der Waals surface area contributed by atoms with Crippen LogP contribution in [0.25, 0.3) is 0 Å². The van der Waals surface area contributed by atoms with Crippen LogP contribution in [0.15, 0.2) is 53.0 Å². The molecule has 1 aliphatic heterocycles. The van der Waals surface area contributed by atoms with Crippen molar-refractivity contribution in [2.24, 2.45) is 5.92 Å². The number of rotatable bonds is 4. The number of anilines is 1. The molecule has 0 aromatic heterocycles. The van der Waals surface area contributed by atoms with Gasteiger partial charge < -0.3 is 10.2 Å². The van der Waals surface area contributed by atoms with Crippen molar-refractivity contribution < 1.29 is 9.59 Å². The molecule has 1 heterocycles. The number of hydrogen-bond acceptors (Lipinski definition) is 2. The van der Waals surface area contributed by atoms with Crippen molar-refractivity contribution in [2.75, 3.05) is 11.4 Å². The Morgan fingerprint density at radius 1 is 1.28 bits per heavy atom. The second kappa shape index (κ2) is 7.58. The second-order valence-corrected chi connectivity index (χ2v) is 7.52. The third kappa shape index (κ3) is 4.22. The van der Waals surface area contributed by atoms with E-state index in [-0.39, 0.29) is 30.2 Å². The molecule has 0 aliphatic carbocycles. The summed E-state index contributed by atoms with van der Waals surface area (Å²) in [6, 6.07) is 14.8. The highest BCUT2D eigenvalue weighted by atomic mass is 79.9. The van der Waals surface area contributed by atoms with Gasteiger partial charge >= 0.3 is 0 Å². The minimum atomic E-state index is -0.349. The average molecular weight is 422 g/mol. The molecule has 0 radical (unpaired) electrons. The van der Waals surface area contributed by atoms with Gasteiger partial charge in [0.25, 0.3) is 0 Å². The van der Waals surface area contributed by atoms with Crippen molar-refractivity contribution in [2.45, 2.75) is 19.4 Å². The Hall–Kier alpha value is -1.85.